The van der Waals surface area contributed by atoms with Crippen LogP contribution in [0.2, 0.25) is 0 Å². The highest BCUT2D eigenvalue weighted by molar-refractivity contribution is 5.92. The van der Waals surface area contributed by atoms with Gasteiger partial charge in [-0.25, -0.2) is 4.39 Å². The smallest absolute Gasteiger partial charge is 0.227 e. The molecule has 0 aliphatic rings. The summed E-state index contributed by atoms with van der Waals surface area (Å²) in [7, 11) is 0. The van der Waals surface area contributed by atoms with Crippen molar-refractivity contribution < 1.29 is 13.9 Å². The van der Waals surface area contributed by atoms with Gasteiger partial charge in [-0.2, -0.15) is 5.26 Å². The fourth-order valence-electron chi connectivity index (χ4n) is 1.73. The van der Waals surface area contributed by atoms with Gasteiger partial charge in [0.2, 0.25) is 5.91 Å². The summed E-state index contributed by atoms with van der Waals surface area (Å²) >= 11 is 0. The van der Waals surface area contributed by atoms with E-state index in [0.717, 1.165) is 0 Å². The largest absolute Gasteiger partial charge is 0.493 e. The third-order valence-electron chi connectivity index (χ3n) is 2.74. The van der Waals surface area contributed by atoms with Crippen molar-refractivity contribution in [2.24, 2.45) is 0 Å². The number of para-hydroxylation sites is 1. The molecule has 0 aliphatic carbocycles. The van der Waals surface area contributed by atoms with E-state index >= 15 is 0 Å². The first-order valence-electron chi connectivity index (χ1n) is 6.37. The van der Waals surface area contributed by atoms with E-state index < -0.39 is 5.82 Å². The van der Waals surface area contributed by atoms with E-state index in [1.807, 2.05) is 18.2 Å². The van der Waals surface area contributed by atoms with Gasteiger partial charge in [0.15, 0.2) is 0 Å². The standard InChI is InChI=1S/C16H13FN2O2/c17-14-7-4-8-15(13(14)11-18)19-16(20)9-10-21-12-5-2-1-3-6-12/h1-8H,9-10H2,(H,19,20). The number of amides is 1. The summed E-state index contributed by atoms with van der Waals surface area (Å²) in [4.78, 5) is 11.8. The fourth-order valence-corrected chi connectivity index (χ4v) is 1.73. The zero-order chi connectivity index (χ0) is 15.1. The maximum atomic E-state index is 13.4. The molecule has 106 valence electrons. The normalized spacial score (nSPS) is 9.71. The lowest BCUT2D eigenvalue weighted by atomic mass is 10.2. The summed E-state index contributed by atoms with van der Waals surface area (Å²) in [6.07, 6.45) is 0.107. The molecule has 0 spiro atoms. The van der Waals surface area contributed by atoms with Crippen molar-refractivity contribution in [1.29, 1.82) is 5.26 Å². The third kappa shape index (κ3) is 4.05. The second kappa shape index (κ2) is 7.06. The third-order valence-corrected chi connectivity index (χ3v) is 2.74. The topological polar surface area (TPSA) is 62.1 Å². The molecular formula is C16H13FN2O2. The van der Waals surface area contributed by atoms with Gasteiger partial charge in [-0.05, 0) is 24.3 Å². The van der Waals surface area contributed by atoms with Gasteiger partial charge in [0.25, 0.3) is 0 Å². The van der Waals surface area contributed by atoms with Crippen LogP contribution in [0.15, 0.2) is 48.5 Å². The molecule has 0 bridgehead atoms. The van der Waals surface area contributed by atoms with E-state index in [0.29, 0.717) is 5.75 Å². The Balaban J connectivity index is 1.88. The Bertz CT molecular complexity index is 666. The van der Waals surface area contributed by atoms with Crippen LogP contribution in [0.1, 0.15) is 12.0 Å². The highest BCUT2D eigenvalue weighted by atomic mass is 19.1. The quantitative estimate of drug-likeness (QED) is 0.917. The molecular weight excluding hydrogens is 271 g/mol. The molecule has 0 heterocycles. The Morgan fingerprint density at radius 2 is 1.95 bits per heavy atom. The molecule has 1 amide bonds. The van der Waals surface area contributed by atoms with Crippen molar-refractivity contribution in [1.82, 2.24) is 0 Å². The van der Waals surface area contributed by atoms with Gasteiger partial charge < -0.3 is 10.1 Å². The zero-order valence-electron chi connectivity index (χ0n) is 11.2. The molecule has 0 aromatic heterocycles. The molecule has 2 aromatic carbocycles. The molecule has 1 N–H and O–H groups in total. The number of rotatable bonds is 5. The summed E-state index contributed by atoms with van der Waals surface area (Å²) in [6.45, 7) is 0.201. The number of nitrogens with one attached hydrogen (secondary N) is 1. The number of halogens is 1. The minimum absolute atomic E-state index is 0.107. The van der Waals surface area contributed by atoms with Gasteiger partial charge in [-0.15, -0.1) is 0 Å². The van der Waals surface area contributed by atoms with Gasteiger partial charge in [0, 0.05) is 0 Å². The Morgan fingerprint density at radius 1 is 1.19 bits per heavy atom. The van der Waals surface area contributed by atoms with Gasteiger partial charge in [0.1, 0.15) is 23.2 Å². The summed E-state index contributed by atoms with van der Waals surface area (Å²) < 4.78 is 18.8. The van der Waals surface area contributed by atoms with Crippen molar-refractivity contribution in [2.75, 3.05) is 11.9 Å². The monoisotopic (exact) mass is 284 g/mol. The number of benzene rings is 2. The number of carbonyl (C=O) groups excluding carboxylic acids is 1. The molecule has 0 fully saturated rings. The Labute approximate surface area is 121 Å². The number of hydrogen-bond donors (Lipinski definition) is 1. The lowest BCUT2D eigenvalue weighted by Gasteiger charge is -2.08. The molecule has 0 unspecified atom stereocenters. The number of anilines is 1. The molecule has 0 saturated heterocycles. The fraction of sp³-hybridized carbons (Fsp3) is 0.125. The van der Waals surface area contributed by atoms with Crippen LogP contribution in [-0.4, -0.2) is 12.5 Å². The van der Waals surface area contributed by atoms with E-state index in [1.54, 1.807) is 18.2 Å². The van der Waals surface area contributed by atoms with E-state index in [4.69, 9.17) is 10.00 Å². The molecule has 2 aromatic rings. The van der Waals surface area contributed by atoms with Crippen LogP contribution in [-0.2, 0) is 4.79 Å². The van der Waals surface area contributed by atoms with Crippen molar-refractivity contribution in [3.8, 4) is 11.8 Å². The van der Waals surface area contributed by atoms with Crippen LogP contribution in [0.5, 0.6) is 5.75 Å². The summed E-state index contributed by atoms with van der Waals surface area (Å²) in [5.74, 6) is -0.322. The minimum Gasteiger partial charge on any atom is -0.493 e. The van der Waals surface area contributed by atoms with Crippen LogP contribution in [0.3, 0.4) is 0 Å². The van der Waals surface area contributed by atoms with Crippen LogP contribution in [0.25, 0.3) is 0 Å². The average molecular weight is 284 g/mol. The maximum absolute atomic E-state index is 13.4. The molecule has 4 nitrogen and oxygen atoms in total. The number of nitriles is 1. The molecule has 5 heteroatoms. The lowest BCUT2D eigenvalue weighted by Crippen LogP contribution is -2.16. The number of nitrogens with zero attached hydrogens (tertiary/aromatic N) is 1. The van der Waals surface area contributed by atoms with Gasteiger partial charge in [0.05, 0.1) is 18.7 Å². The molecule has 2 rings (SSSR count). The number of ether oxygens (including phenoxy) is 1. The van der Waals surface area contributed by atoms with Crippen LogP contribution < -0.4 is 10.1 Å². The molecule has 0 atom stereocenters. The molecule has 0 radical (unpaired) electrons. The average Bonchev–Trinajstić information content (AvgIpc) is 2.48. The lowest BCUT2D eigenvalue weighted by molar-refractivity contribution is -0.116. The van der Waals surface area contributed by atoms with Crippen molar-refractivity contribution in [3.05, 3.63) is 59.9 Å². The molecule has 0 saturated carbocycles. The van der Waals surface area contributed by atoms with Crippen molar-refractivity contribution in [2.45, 2.75) is 6.42 Å². The van der Waals surface area contributed by atoms with E-state index in [1.165, 1.54) is 18.2 Å². The SMILES string of the molecule is N#Cc1c(F)cccc1NC(=O)CCOc1ccccc1. The van der Waals surface area contributed by atoms with Gasteiger partial charge in [-0.1, -0.05) is 24.3 Å². The first-order chi connectivity index (χ1) is 10.2. The predicted octanol–water partition coefficient (Wildman–Crippen LogP) is 3.10. The van der Waals surface area contributed by atoms with Crippen molar-refractivity contribution >= 4 is 11.6 Å². The van der Waals surface area contributed by atoms with E-state index in [9.17, 15) is 9.18 Å². The Hall–Kier alpha value is -2.87. The van der Waals surface area contributed by atoms with E-state index in [2.05, 4.69) is 5.32 Å². The second-order valence-electron chi connectivity index (χ2n) is 4.23. The summed E-state index contributed by atoms with van der Waals surface area (Å²) in [5, 5.41) is 11.4. The second-order valence-corrected chi connectivity index (χ2v) is 4.23. The predicted molar refractivity (Wildman–Crippen MR) is 76.3 cm³/mol. The number of hydrogen-bond acceptors (Lipinski definition) is 3. The Morgan fingerprint density at radius 3 is 2.67 bits per heavy atom. The van der Waals surface area contributed by atoms with E-state index in [-0.39, 0.29) is 30.2 Å². The van der Waals surface area contributed by atoms with Crippen LogP contribution >= 0.6 is 0 Å². The first-order valence-corrected chi connectivity index (χ1v) is 6.37. The summed E-state index contributed by atoms with van der Waals surface area (Å²) in [5.41, 5.74) is -0.00274. The minimum atomic E-state index is -0.657. The van der Waals surface area contributed by atoms with Crippen molar-refractivity contribution in [3.63, 3.8) is 0 Å². The zero-order valence-corrected chi connectivity index (χ0v) is 11.2. The molecule has 21 heavy (non-hydrogen) atoms. The van der Waals surface area contributed by atoms with Gasteiger partial charge in [-0.3, -0.25) is 4.79 Å². The summed E-state index contributed by atoms with van der Waals surface area (Å²) in [6, 6.07) is 14.9. The van der Waals surface area contributed by atoms with Gasteiger partial charge >= 0.3 is 0 Å². The maximum Gasteiger partial charge on any atom is 0.227 e. The molecule has 0 aliphatic heterocycles. The highest BCUT2D eigenvalue weighted by Crippen LogP contribution is 2.18. The Kier molecular flexibility index (Phi) is 4.89. The van der Waals surface area contributed by atoms with Crippen LogP contribution in [0, 0.1) is 17.1 Å². The first kappa shape index (κ1) is 14.5. The van der Waals surface area contributed by atoms with Crippen LogP contribution in [0.4, 0.5) is 10.1 Å². The highest BCUT2D eigenvalue weighted by Gasteiger charge is 2.10. The number of carbonyl (C=O) groups is 1.